The van der Waals surface area contributed by atoms with Crippen molar-refractivity contribution in [3.63, 3.8) is 0 Å². The maximum atomic E-state index is 11.2. The van der Waals surface area contributed by atoms with Crippen LogP contribution in [0.2, 0.25) is 5.02 Å². The van der Waals surface area contributed by atoms with Crippen LogP contribution in [0.15, 0.2) is 35.1 Å². The van der Waals surface area contributed by atoms with Crippen molar-refractivity contribution in [2.24, 2.45) is 0 Å². The van der Waals surface area contributed by atoms with E-state index in [0.717, 1.165) is 5.56 Å². The molecule has 4 nitrogen and oxygen atoms in total. The molecule has 2 aromatic rings. The van der Waals surface area contributed by atoms with Gasteiger partial charge in [0.25, 0.3) is 5.56 Å². The molecular weight excluding hydrogens is 228 g/mol. The van der Waals surface area contributed by atoms with Crippen molar-refractivity contribution in [3.05, 3.63) is 51.3 Å². The maximum Gasteiger partial charge on any atom is 0.269 e. The molecule has 0 bridgehead atoms. The van der Waals surface area contributed by atoms with Crippen molar-refractivity contribution in [1.29, 1.82) is 0 Å². The summed E-state index contributed by atoms with van der Waals surface area (Å²) in [5, 5.41) is 15.8. The molecule has 0 saturated carbocycles. The molecule has 0 spiro atoms. The van der Waals surface area contributed by atoms with Crippen molar-refractivity contribution < 1.29 is 5.11 Å². The average molecular weight is 237 g/mol. The van der Waals surface area contributed by atoms with Gasteiger partial charge < -0.3 is 5.11 Å². The minimum atomic E-state index is -0.375. The zero-order valence-corrected chi connectivity index (χ0v) is 9.03. The number of benzene rings is 1. The van der Waals surface area contributed by atoms with Crippen LogP contribution in [0.1, 0.15) is 5.56 Å². The van der Waals surface area contributed by atoms with Crippen LogP contribution in [0.25, 0.3) is 11.3 Å². The number of rotatable bonds is 2. The Hall–Kier alpha value is -1.65. The summed E-state index contributed by atoms with van der Waals surface area (Å²) in [7, 11) is 0. The average Bonchev–Trinajstić information content (AvgIpc) is 2.31. The molecule has 0 atom stereocenters. The second-order valence-electron chi connectivity index (χ2n) is 3.27. The van der Waals surface area contributed by atoms with Gasteiger partial charge in [-0.25, -0.2) is 5.10 Å². The number of aromatic nitrogens is 2. The summed E-state index contributed by atoms with van der Waals surface area (Å²) >= 11 is 5.76. The lowest BCUT2D eigenvalue weighted by Gasteiger charge is -2.01. The van der Waals surface area contributed by atoms with Gasteiger partial charge in [0.15, 0.2) is 0 Å². The molecule has 0 radical (unpaired) electrons. The number of aromatic amines is 1. The summed E-state index contributed by atoms with van der Waals surface area (Å²) < 4.78 is 0. The van der Waals surface area contributed by atoms with Gasteiger partial charge >= 0.3 is 0 Å². The van der Waals surface area contributed by atoms with E-state index >= 15 is 0 Å². The monoisotopic (exact) mass is 236 g/mol. The number of aliphatic hydroxyl groups is 1. The fraction of sp³-hybridized carbons (Fsp3) is 0.0909. The fourth-order valence-electron chi connectivity index (χ4n) is 1.33. The molecule has 0 aliphatic carbocycles. The second-order valence-corrected chi connectivity index (χ2v) is 3.71. The molecular formula is C11H9ClN2O2. The van der Waals surface area contributed by atoms with Crippen molar-refractivity contribution >= 4 is 11.6 Å². The highest BCUT2D eigenvalue weighted by Crippen LogP contribution is 2.18. The zero-order valence-electron chi connectivity index (χ0n) is 8.27. The molecule has 0 amide bonds. The highest BCUT2D eigenvalue weighted by molar-refractivity contribution is 6.30. The van der Waals surface area contributed by atoms with Crippen molar-refractivity contribution in [2.45, 2.75) is 6.61 Å². The number of nitrogens with zero attached hydrogens (tertiary/aromatic N) is 1. The molecule has 5 heteroatoms. The molecule has 0 unspecified atom stereocenters. The molecule has 1 aromatic heterocycles. The third-order valence-electron chi connectivity index (χ3n) is 2.19. The number of nitrogens with one attached hydrogen (secondary N) is 1. The van der Waals surface area contributed by atoms with E-state index in [0.29, 0.717) is 16.3 Å². The van der Waals surface area contributed by atoms with Gasteiger partial charge in [-0.15, -0.1) is 0 Å². The molecule has 0 aliphatic heterocycles. The minimum absolute atomic E-state index is 0.292. The first kappa shape index (κ1) is 10.9. The van der Waals surface area contributed by atoms with E-state index in [2.05, 4.69) is 10.2 Å². The highest BCUT2D eigenvalue weighted by Gasteiger charge is 2.04. The van der Waals surface area contributed by atoms with E-state index in [1.54, 1.807) is 30.3 Å². The topological polar surface area (TPSA) is 66.0 Å². The quantitative estimate of drug-likeness (QED) is 0.832. The Bertz CT molecular complexity index is 549. The number of aliphatic hydroxyl groups excluding tert-OH is 1. The Kier molecular flexibility index (Phi) is 3.03. The number of halogens is 1. The molecule has 2 rings (SSSR count). The normalized spacial score (nSPS) is 10.4. The van der Waals surface area contributed by atoms with Crippen LogP contribution in [0.5, 0.6) is 0 Å². The summed E-state index contributed by atoms with van der Waals surface area (Å²) in [4.78, 5) is 11.2. The van der Waals surface area contributed by atoms with Gasteiger partial charge in [-0.05, 0) is 18.2 Å². The molecule has 0 aliphatic rings. The van der Waals surface area contributed by atoms with Crippen LogP contribution in [0, 0.1) is 0 Å². The van der Waals surface area contributed by atoms with Crippen LogP contribution in [0.4, 0.5) is 0 Å². The van der Waals surface area contributed by atoms with Gasteiger partial charge in [-0.2, -0.15) is 5.10 Å². The van der Waals surface area contributed by atoms with Crippen LogP contribution in [-0.2, 0) is 6.61 Å². The third kappa shape index (κ3) is 2.13. The predicted molar refractivity (Wildman–Crippen MR) is 61.2 cm³/mol. The van der Waals surface area contributed by atoms with E-state index < -0.39 is 0 Å². The summed E-state index contributed by atoms with van der Waals surface area (Å²) in [5.74, 6) is 0. The lowest BCUT2D eigenvalue weighted by Crippen LogP contribution is -2.14. The Balaban J connectivity index is 2.48. The first-order valence-electron chi connectivity index (χ1n) is 4.66. The highest BCUT2D eigenvalue weighted by atomic mass is 35.5. The van der Waals surface area contributed by atoms with Crippen LogP contribution in [-0.4, -0.2) is 15.3 Å². The van der Waals surface area contributed by atoms with Crippen LogP contribution < -0.4 is 5.56 Å². The number of hydrogen-bond donors (Lipinski definition) is 2. The Morgan fingerprint density at radius 1 is 1.31 bits per heavy atom. The maximum absolute atomic E-state index is 11.2. The molecule has 82 valence electrons. The SMILES string of the molecule is O=c1[nH]nc(-c2ccc(Cl)cc2)cc1CO. The van der Waals surface area contributed by atoms with Crippen molar-refractivity contribution in [2.75, 3.05) is 0 Å². The van der Waals surface area contributed by atoms with Gasteiger partial charge in [-0.3, -0.25) is 4.79 Å². The summed E-state index contributed by atoms with van der Waals surface area (Å²) in [6.07, 6.45) is 0. The lowest BCUT2D eigenvalue weighted by molar-refractivity contribution is 0.280. The summed E-state index contributed by atoms with van der Waals surface area (Å²) in [6.45, 7) is -0.307. The minimum Gasteiger partial charge on any atom is -0.391 e. The first-order valence-corrected chi connectivity index (χ1v) is 5.04. The summed E-state index contributed by atoms with van der Waals surface area (Å²) in [6, 6.07) is 8.63. The first-order chi connectivity index (χ1) is 7.70. The Labute approximate surface area is 96.5 Å². The molecule has 2 N–H and O–H groups in total. The van der Waals surface area contributed by atoms with Gasteiger partial charge in [0, 0.05) is 16.1 Å². The van der Waals surface area contributed by atoms with Gasteiger partial charge in [0.05, 0.1) is 12.3 Å². The molecule has 1 heterocycles. The molecule has 1 aromatic carbocycles. The van der Waals surface area contributed by atoms with Crippen molar-refractivity contribution in [1.82, 2.24) is 10.2 Å². The second kappa shape index (κ2) is 4.47. The lowest BCUT2D eigenvalue weighted by atomic mass is 10.1. The van der Waals surface area contributed by atoms with Crippen LogP contribution >= 0.6 is 11.6 Å². The number of hydrogen-bond acceptors (Lipinski definition) is 3. The van der Waals surface area contributed by atoms with Crippen LogP contribution in [0.3, 0.4) is 0 Å². The van der Waals surface area contributed by atoms with E-state index in [-0.39, 0.29) is 12.2 Å². The van der Waals surface area contributed by atoms with Gasteiger partial charge in [-0.1, -0.05) is 23.7 Å². The largest absolute Gasteiger partial charge is 0.391 e. The predicted octanol–water partition coefficient (Wildman–Crippen LogP) is 1.58. The van der Waals surface area contributed by atoms with Crippen molar-refractivity contribution in [3.8, 4) is 11.3 Å². The summed E-state index contributed by atoms with van der Waals surface area (Å²) in [5.41, 5.74) is 1.34. The van der Waals surface area contributed by atoms with Gasteiger partial charge in [0.1, 0.15) is 0 Å². The van der Waals surface area contributed by atoms with E-state index in [4.69, 9.17) is 16.7 Å². The van der Waals surface area contributed by atoms with E-state index in [1.807, 2.05) is 0 Å². The third-order valence-corrected chi connectivity index (χ3v) is 2.44. The fourth-order valence-corrected chi connectivity index (χ4v) is 1.46. The standard InChI is InChI=1S/C11H9ClN2O2/c12-9-3-1-7(2-4-9)10-5-8(6-15)11(16)14-13-10/h1-5,15H,6H2,(H,14,16). The molecule has 0 saturated heterocycles. The Morgan fingerprint density at radius 2 is 2.00 bits per heavy atom. The molecule has 16 heavy (non-hydrogen) atoms. The smallest absolute Gasteiger partial charge is 0.269 e. The van der Waals surface area contributed by atoms with Gasteiger partial charge in [0.2, 0.25) is 0 Å². The molecule has 0 fully saturated rings. The van der Waals surface area contributed by atoms with E-state index in [1.165, 1.54) is 0 Å². The Morgan fingerprint density at radius 3 is 2.62 bits per heavy atom. The number of H-pyrrole nitrogens is 1. The van der Waals surface area contributed by atoms with E-state index in [9.17, 15) is 4.79 Å². The zero-order chi connectivity index (χ0) is 11.5.